The third-order valence-electron chi connectivity index (χ3n) is 7.11. The molecule has 9 nitrogen and oxygen atoms in total. The van der Waals surface area contributed by atoms with Crippen molar-refractivity contribution in [3.8, 4) is 5.75 Å². The van der Waals surface area contributed by atoms with E-state index in [9.17, 15) is 19.2 Å². The molecule has 2 fully saturated rings. The maximum absolute atomic E-state index is 13.5. The molecule has 1 unspecified atom stereocenters. The molecule has 0 radical (unpaired) electrons. The van der Waals surface area contributed by atoms with Crippen LogP contribution >= 0.6 is 0 Å². The Morgan fingerprint density at radius 1 is 1.03 bits per heavy atom. The van der Waals surface area contributed by atoms with Crippen LogP contribution in [0, 0.1) is 17.3 Å². The molecule has 2 atom stereocenters. The van der Waals surface area contributed by atoms with E-state index in [1.165, 1.54) is 12.8 Å². The predicted octanol–water partition coefficient (Wildman–Crippen LogP) is 2.80. The molecule has 0 bridgehead atoms. The molecule has 36 heavy (non-hydrogen) atoms. The monoisotopic (exact) mass is 500 g/mol. The molecule has 0 spiro atoms. The largest absolute Gasteiger partial charge is 0.415 e. The topological polar surface area (TPSA) is 108 Å². The van der Waals surface area contributed by atoms with Crippen LogP contribution in [0.25, 0.3) is 0 Å². The van der Waals surface area contributed by atoms with Crippen molar-refractivity contribution in [1.29, 1.82) is 0 Å². The van der Waals surface area contributed by atoms with Gasteiger partial charge in [-0.25, -0.2) is 4.79 Å². The molecule has 1 saturated heterocycles. The number of benzene rings is 1. The smallest absolute Gasteiger partial charge is 0.410 e. The summed E-state index contributed by atoms with van der Waals surface area (Å²) >= 11 is 0. The Kier molecular flexibility index (Phi) is 9.73. The van der Waals surface area contributed by atoms with Gasteiger partial charge in [-0.2, -0.15) is 0 Å². The molecule has 3 rings (SSSR count). The third kappa shape index (κ3) is 7.70. The van der Waals surface area contributed by atoms with Crippen LogP contribution in [-0.2, 0) is 14.4 Å². The number of ether oxygens (including phenoxy) is 1. The SMILES string of the molecule is CC(C)(C)[C@H](NC(=O)C(CNC=O)CC1CCCC1)C(=O)N1CCN(C(=O)Oc2ccccc2)CC1. The van der Waals surface area contributed by atoms with Gasteiger partial charge in [0.25, 0.3) is 0 Å². The molecule has 1 aliphatic carbocycles. The average molecular weight is 501 g/mol. The Hall–Kier alpha value is -3.10. The molecule has 4 amide bonds. The van der Waals surface area contributed by atoms with E-state index in [-0.39, 0.29) is 24.3 Å². The van der Waals surface area contributed by atoms with Crippen LogP contribution in [0.15, 0.2) is 30.3 Å². The lowest BCUT2D eigenvalue weighted by molar-refractivity contribution is -0.141. The van der Waals surface area contributed by atoms with E-state index in [2.05, 4.69) is 10.6 Å². The zero-order chi connectivity index (χ0) is 26.1. The summed E-state index contributed by atoms with van der Waals surface area (Å²) < 4.78 is 5.41. The highest BCUT2D eigenvalue weighted by Gasteiger charge is 2.38. The second kappa shape index (κ2) is 12.7. The molecule has 198 valence electrons. The normalized spacial score (nSPS) is 18.3. The summed E-state index contributed by atoms with van der Waals surface area (Å²) in [5, 5.41) is 5.67. The van der Waals surface area contributed by atoms with Gasteiger partial charge in [0.2, 0.25) is 18.2 Å². The third-order valence-corrected chi connectivity index (χ3v) is 7.11. The lowest BCUT2D eigenvalue weighted by Gasteiger charge is -2.39. The molecule has 1 aromatic carbocycles. The molecule has 2 N–H and O–H groups in total. The van der Waals surface area contributed by atoms with Crippen LogP contribution < -0.4 is 15.4 Å². The first-order chi connectivity index (χ1) is 17.2. The number of amides is 4. The van der Waals surface area contributed by atoms with Crippen LogP contribution in [0.5, 0.6) is 5.75 Å². The van der Waals surface area contributed by atoms with Gasteiger partial charge < -0.3 is 25.2 Å². The summed E-state index contributed by atoms with van der Waals surface area (Å²) in [6, 6.07) is 8.18. The molecular formula is C27H40N4O5. The molecule has 1 aromatic rings. The Balaban J connectivity index is 1.59. The second-order valence-electron chi connectivity index (χ2n) is 10.9. The van der Waals surface area contributed by atoms with E-state index >= 15 is 0 Å². The molecule has 9 heteroatoms. The average Bonchev–Trinajstić information content (AvgIpc) is 3.38. The van der Waals surface area contributed by atoms with Crippen molar-refractivity contribution in [1.82, 2.24) is 20.4 Å². The molecule has 1 heterocycles. The van der Waals surface area contributed by atoms with E-state index in [1.54, 1.807) is 34.1 Å². The highest BCUT2D eigenvalue weighted by Crippen LogP contribution is 2.31. The highest BCUT2D eigenvalue weighted by atomic mass is 16.6. The van der Waals surface area contributed by atoms with E-state index in [0.717, 1.165) is 12.8 Å². The number of nitrogens with one attached hydrogen (secondary N) is 2. The fourth-order valence-electron chi connectivity index (χ4n) is 4.98. The van der Waals surface area contributed by atoms with Gasteiger partial charge in [-0.3, -0.25) is 14.4 Å². The first kappa shape index (κ1) is 27.5. The number of hydrogen-bond acceptors (Lipinski definition) is 5. The highest BCUT2D eigenvalue weighted by molar-refractivity contribution is 5.89. The number of carbonyl (C=O) groups excluding carboxylic acids is 4. The van der Waals surface area contributed by atoms with Crippen molar-refractivity contribution in [3.05, 3.63) is 30.3 Å². The van der Waals surface area contributed by atoms with Crippen molar-refractivity contribution < 1.29 is 23.9 Å². The first-order valence-corrected chi connectivity index (χ1v) is 13.0. The van der Waals surface area contributed by atoms with Crippen molar-refractivity contribution in [3.63, 3.8) is 0 Å². The van der Waals surface area contributed by atoms with Crippen molar-refractivity contribution in [2.75, 3.05) is 32.7 Å². The molecular weight excluding hydrogens is 460 g/mol. The lowest BCUT2D eigenvalue weighted by Crippen LogP contribution is -2.60. The Labute approximate surface area is 213 Å². The Bertz CT molecular complexity index is 887. The van der Waals surface area contributed by atoms with Gasteiger partial charge in [0.05, 0.1) is 5.92 Å². The van der Waals surface area contributed by atoms with E-state index in [1.807, 2.05) is 26.8 Å². The van der Waals surface area contributed by atoms with Gasteiger partial charge in [-0.1, -0.05) is 64.7 Å². The number of rotatable bonds is 9. The molecule has 1 aliphatic heterocycles. The predicted molar refractivity (Wildman–Crippen MR) is 136 cm³/mol. The van der Waals surface area contributed by atoms with Gasteiger partial charge >= 0.3 is 6.09 Å². The summed E-state index contributed by atoms with van der Waals surface area (Å²) in [5.74, 6) is 0.222. The second-order valence-corrected chi connectivity index (χ2v) is 10.9. The minimum atomic E-state index is -0.713. The van der Waals surface area contributed by atoms with Crippen molar-refractivity contribution in [2.24, 2.45) is 17.3 Å². The van der Waals surface area contributed by atoms with Gasteiger partial charge in [-0.15, -0.1) is 0 Å². The van der Waals surface area contributed by atoms with Crippen molar-refractivity contribution >= 4 is 24.3 Å². The van der Waals surface area contributed by atoms with E-state index < -0.39 is 17.6 Å². The van der Waals surface area contributed by atoms with Crippen LogP contribution in [0.4, 0.5) is 4.79 Å². The lowest BCUT2D eigenvalue weighted by atomic mass is 9.84. The standard InChI is InChI=1S/C27H40N4O5/c1-27(2,3)23(29-24(33)21(18-28-19-32)17-20-9-7-8-10-20)25(34)30-13-15-31(16-14-30)26(35)36-22-11-5-4-6-12-22/h4-6,11-12,19-21,23H,7-10,13-18H2,1-3H3,(H,28,32)(H,29,33)/t21?,23-/m1/s1. The summed E-state index contributed by atoms with van der Waals surface area (Å²) in [4.78, 5) is 53.5. The zero-order valence-corrected chi connectivity index (χ0v) is 21.7. The molecule has 1 saturated carbocycles. The number of piperazine rings is 1. The Morgan fingerprint density at radius 3 is 2.22 bits per heavy atom. The number of nitrogens with zero attached hydrogens (tertiary/aromatic N) is 2. The van der Waals surface area contributed by atoms with Crippen LogP contribution in [-0.4, -0.2) is 72.9 Å². The van der Waals surface area contributed by atoms with Crippen LogP contribution in [0.2, 0.25) is 0 Å². The van der Waals surface area contributed by atoms with Gasteiger partial charge in [0.1, 0.15) is 11.8 Å². The van der Waals surface area contributed by atoms with E-state index in [0.29, 0.717) is 50.7 Å². The van der Waals surface area contributed by atoms with E-state index in [4.69, 9.17) is 4.74 Å². The summed E-state index contributed by atoms with van der Waals surface area (Å²) in [7, 11) is 0. The maximum Gasteiger partial charge on any atom is 0.415 e. The summed E-state index contributed by atoms with van der Waals surface area (Å²) in [5.41, 5.74) is -0.508. The summed E-state index contributed by atoms with van der Waals surface area (Å²) in [6.45, 7) is 7.49. The van der Waals surface area contributed by atoms with Crippen LogP contribution in [0.1, 0.15) is 52.9 Å². The fraction of sp³-hybridized carbons (Fsp3) is 0.630. The minimum Gasteiger partial charge on any atom is -0.410 e. The van der Waals surface area contributed by atoms with Crippen molar-refractivity contribution in [2.45, 2.75) is 58.9 Å². The minimum absolute atomic E-state index is 0.158. The Morgan fingerprint density at radius 2 is 1.64 bits per heavy atom. The van der Waals surface area contributed by atoms with Gasteiger partial charge in [0, 0.05) is 32.7 Å². The van der Waals surface area contributed by atoms with Gasteiger partial charge in [0.15, 0.2) is 0 Å². The number of hydrogen-bond donors (Lipinski definition) is 2. The molecule has 2 aliphatic rings. The number of carbonyl (C=O) groups is 4. The zero-order valence-electron chi connectivity index (χ0n) is 21.7. The fourth-order valence-corrected chi connectivity index (χ4v) is 4.98. The van der Waals surface area contributed by atoms with Crippen LogP contribution in [0.3, 0.4) is 0 Å². The molecule has 0 aromatic heterocycles. The summed E-state index contributed by atoms with van der Waals surface area (Å²) in [6.07, 6.45) is 5.44. The quantitative estimate of drug-likeness (QED) is 0.507. The maximum atomic E-state index is 13.5. The first-order valence-electron chi connectivity index (χ1n) is 13.0. The van der Waals surface area contributed by atoms with Gasteiger partial charge in [-0.05, 0) is 29.9 Å². The number of para-hydroxylation sites is 1.